The second kappa shape index (κ2) is 9.04. The third-order valence-corrected chi connectivity index (χ3v) is 5.57. The first-order chi connectivity index (χ1) is 15.9. The van der Waals surface area contributed by atoms with Crippen LogP contribution in [0.1, 0.15) is 27.9 Å². The maximum Gasteiger partial charge on any atom is 0.331 e. The van der Waals surface area contributed by atoms with Gasteiger partial charge in [-0.15, -0.1) is 0 Å². The number of hydrogen-bond acceptors (Lipinski definition) is 5. The Balaban J connectivity index is 1.56. The van der Waals surface area contributed by atoms with Crippen molar-refractivity contribution in [2.24, 2.45) is 4.99 Å². The Hall–Kier alpha value is -4.32. The number of nitriles is 1. The van der Waals surface area contributed by atoms with Gasteiger partial charge in [-0.05, 0) is 42.3 Å². The summed E-state index contributed by atoms with van der Waals surface area (Å²) < 4.78 is 15.6. The zero-order valence-corrected chi connectivity index (χ0v) is 17.8. The van der Waals surface area contributed by atoms with E-state index in [0.29, 0.717) is 22.4 Å². The molecule has 2 heterocycles. The van der Waals surface area contributed by atoms with Gasteiger partial charge in [0.15, 0.2) is 0 Å². The van der Waals surface area contributed by atoms with E-state index in [4.69, 9.17) is 5.26 Å². The Kier molecular flexibility index (Phi) is 6.00. The number of nitrogens with one attached hydrogen (secondary N) is 1. The molecule has 1 aliphatic rings. The fraction of sp³-hybridized carbons (Fsp3) is 0.208. The van der Waals surface area contributed by atoms with E-state index in [-0.39, 0.29) is 37.7 Å². The van der Waals surface area contributed by atoms with Crippen molar-refractivity contribution in [1.29, 1.82) is 5.26 Å². The molecule has 1 amide bonds. The monoisotopic (exact) mass is 445 g/mol. The number of nitrogens with zero attached hydrogens (tertiary/aromatic N) is 4. The quantitative estimate of drug-likeness (QED) is 0.644. The van der Waals surface area contributed by atoms with Crippen LogP contribution in [0, 0.1) is 24.1 Å². The number of rotatable bonds is 5. The number of aliphatic imine (C=N–C) groups is 1. The van der Waals surface area contributed by atoms with Gasteiger partial charge >= 0.3 is 5.69 Å². The number of aromatic nitrogens is 2. The van der Waals surface area contributed by atoms with Gasteiger partial charge in [-0.1, -0.05) is 24.3 Å². The number of amides is 1. The van der Waals surface area contributed by atoms with Crippen molar-refractivity contribution < 1.29 is 9.18 Å². The molecule has 0 atom stereocenters. The van der Waals surface area contributed by atoms with Crippen LogP contribution in [0.15, 0.2) is 63.1 Å². The van der Waals surface area contributed by atoms with Crippen LogP contribution in [0.4, 0.5) is 4.39 Å². The molecule has 4 rings (SSSR count). The van der Waals surface area contributed by atoms with Crippen LogP contribution in [0.5, 0.6) is 0 Å². The van der Waals surface area contributed by atoms with Gasteiger partial charge in [0.2, 0.25) is 0 Å². The zero-order chi connectivity index (χ0) is 23.5. The molecule has 1 N–H and O–H groups in total. The molecule has 2 aromatic carbocycles. The average Bonchev–Trinajstić information content (AvgIpc) is 2.84. The molecule has 8 nitrogen and oxygen atoms in total. The minimum absolute atomic E-state index is 0.0489. The molecule has 0 unspecified atom stereocenters. The summed E-state index contributed by atoms with van der Waals surface area (Å²) in [5, 5.41) is 11.7. The van der Waals surface area contributed by atoms with Gasteiger partial charge in [0, 0.05) is 12.1 Å². The Morgan fingerprint density at radius 1 is 1.12 bits per heavy atom. The number of carbonyl (C=O) groups is 1. The normalized spacial score (nSPS) is 12.5. The largest absolute Gasteiger partial charge is 0.347 e. The number of fused-ring (bicyclic) bond motifs is 1. The maximum atomic E-state index is 13.1. The van der Waals surface area contributed by atoms with Crippen LogP contribution < -0.4 is 16.6 Å². The van der Waals surface area contributed by atoms with Gasteiger partial charge < -0.3 is 5.32 Å². The van der Waals surface area contributed by atoms with Crippen LogP contribution in [0.25, 0.3) is 0 Å². The Labute approximate surface area is 188 Å². The Morgan fingerprint density at radius 3 is 2.45 bits per heavy atom. The average molecular weight is 445 g/mol. The van der Waals surface area contributed by atoms with Gasteiger partial charge in [0.1, 0.15) is 11.5 Å². The van der Waals surface area contributed by atoms with E-state index in [1.165, 1.54) is 16.7 Å². The van der Waals surface area contributed by atoms with E-state index in [2.05, 4.69) is 10.3 Å². The first-order valence-electron chi connectivity index (χ1n) is 10.3. The second-order valence-electron chi connectivity index (χ2n) is 7.71. The second-order valence-corrected chi connectivity index (χ2v) is 7.71. The van der Waals surface area contributed by atoms with Crippen molar-refractivity contribution in [2.75, 3.05) is 0 Å². The summed E-state index contributed by atoms with van der Waals surface area (Å²) in [6, 6.07) is 14.4. The smallest absolute Gasteiger partial charge is 0.331 e. The minimum Gasteiger partial charge on any atom is -0.347 e. The van der Waals surface area contributed by atoms with Crippen molar-refractivity contribution in [3.63, 3.8) is 0 Å². The van der Waals surface area contributed by atoms with Crippen LogP contribution in [-0.2, 0) is 31.0 Å². The maximum absolute atomic E-state index is 13.1. The highest BCUT2D eigenvalue weighted by Gasteiger charge is 2.23. The molecule has 1 aliphatic heterocycles. The molecule has 0 saturated carbocycles. The van der Waals surface area contributed by atoms with Crippen LogP contribution in [0.2, 0.25) is 0 Å². The first-order valence-corrected chi connectivity index (χ1v) is 10.3. The lowest BCUT2D eigenvalue weighted by molar-refractivity contribution is -0.115. The molecule has 166 valence electrons. The standard InChI is InChI=1S/C24H20FN5O3/c1-15-21-12-27-20(22(31)28-11-17-6-8-19(25)9-7-17)14-29(21)24(33)30(23(15)32)13-18-4-2-16(10-26)3-5-18/h2-9H,11-14H2,1H3,(H,28,31). The van der Waals surface area contributed by atoms with E-state index in [1.54, 1.807) is 43.3 Å². The molecular formula is C24H20FN5O3. The first kappa shape index (κ1) is 21.9. The summed E-state index contributed by atoms with van der Waals surface area (Å²) in [6.45, 7) is 1.87. The summed E-state index contributed by atoms with van der Waals surface area (Å²) in [4.78, 5) is 42.9. The molecular weight excluding hydrogens is 425 g/mol. The number of carbonyl (C=O) groups excluding carboxylic acids is 1. The van der Waals surface area contributed by atoms with E-state index in [0.717, 1.165) is 10.1 Å². The molecule has 9 heteroatoms. The molecule has 0 spiro atoms. The highest BCUT2D eigenvalue weighted by Crippen LogP contribution is 2.11. The molecule has 0 fully saturated rings. The summed E-state index contributed by atoms with van der Waals surface area (Å²) in [7, 11) is 0. The molecule has 0 aliphatic carbocycles. The topological polar surface area (TPSA) is 109 Å². The van der Waals surface area contributed by atoms with Gasteiger partial charge in [0.05, 0.1) is 37.0 Å². The van der Waals surface area contributed by atoms with E-state index in [1.807, 2.05) is 6.07 Å². The van der Waals surface area contributed by atoms with Gasteiger partial charge in [-0.25, -0.2) is 9.18 Å². The van der Waals surface area contributed by atoms with Crippen LogP contribution >= 0.6 is 0 Å². The number of hydrogen-bond donors (Lipinski definition) is 1. The SMILES string of the molecule is Cc1c2n(c(=O)n(Cc3ccc(C#N)cc3)c1=O)CC(C(=O)NCc1ccc(F)cc1)=NC2. The third kappa shape index (κ3) is 4.50. The summed E-state index contributed by atoms with van der Waals surface area (Å²) in [5.41, 5.74) is 2.04. The highest BCUT2D eigenvalue weighted by molar-refractivity contribution is 6.38. The van der Waals surface area contributed by atoms with E-state index in [9.17, 15) is 18.8 Å². The highest BCUT2D eigenvalue weighted by atomic mass is 19.1. The molecule has 3 aromatic rings. The zero-order valence-electron chi connectivity index (χ0n) is 17.8. The van der Waals surface area contributed by atoms with E-state index < -0.39 is 17.2 Å². The predicted octanol–water partition coefficient (Wildman–Crippen LogP) is 1.65. The summed E-state index contributed by atoms with van der Waals surface area (Å²) in [5.74, 6) is -0.792. The lowest BCUT2D eigenvalue weighted by atomic mass is 10.1. The van der Waals surface area contributed by atoms with Gasteiger partial charge in [0.25, 0.3) is 11.5 Å². The van der Waals surface area contributed by atoms with Crippen LogP contribution in [0.3, 0.4) is 0 Å². The van der Waals surface area contributed by atoms with Crippen molar-refractivity contribution in [2.45, 2.75) is 33.1 Å². The van der Waals surface area contributed by atoms with Crippen molar-refractivity contribution in [3.8, 4) is 6.07 Å². The number of benzene rings is 2. The predicted molar refractivity (Wildman–Crippen MR) is 119 cm³/mol. The van der Waals surface area contributed by atoms with Crippen molar-refractivity contribution >= 4 is 11.6 Å². The molecule has 0 bridgehead atoms. The summed E-state index contributed by atoms with van der Waals surface area (Å²) in [6.07, 6.45) is 0. The fourth-order valence-electron chi connectivity index (χ4n) is 3.65. The molecule has 1 aromatic heterocycles. The van der Waals surface area contributed by atoms with Gasteiger partial charge in [-0.3, -0.25) is 23.7 Å². The van der Waals surface area contributed by atoms with Gasteiger partial charge in [-0.2, -0.15) is 5.26 Å². The Morgan fingerprint density at radius 2 is 1.79 bits per heavy atom. The minimum atomic E-state index is -0.524. The summed E-state index contributed by atoms with van der Waals surface area (Å²) >= 11 is 0. The molecule has 0 radical (unpaired) electrons. The van der Waals surface area contributed by atoms with Crippen molar-refractivity contribution in [3.05, 3.63) is 103 Å². The lowest BCUT2D eigenvalue weighted by Gasteiger charge is -2.21. The number of halogens is 1. The van der Waals surface area contributed by atoms with Crippen molar-refractivity contribution in [1.82, 2.24) is 14.5 Å². The Bertz CT molecular complexity index is 1410. The van der Waals surface area contributed by atoms with E-state index >= 15 is 0 Å². The lowest BCUT2D eigenvalue weighted by Crippen LogP contribution is -2.47. The third-order valence-electron chi connectivity index (χ3n) is 5.57. The fourth-order valence-corrected chi connectivity index (χ4v) is 3.65. The molecule has 0 saturated heterocycles. The molecule has 33 heavy (non-hydrogen) atoms. The van der Waals surface area contributed by atoms with Crippen LogP contribution in [-0.4, -0.2) is 20.8 Å².